The summed E-state index contributed by atoms with van der Waals surface area (Å²) < 4.78 is 10.3. The van der Waals surface area contributed by atoms with Crippen LogP contribution in [0.2, 0.25) is 0 Å². The van der Waals surface area contributed by atoms with E-state index in [9.17, 15) is 4.79 Å². The van der Waals surface area contributed by atoms with E-state index in [1.807, 2.05) is 35.8 Å². The number of carbonyl (C=O) groups is 1. The van der Waals surface area contributed by atoms with E-state index in [0.717, 1.165) is 31.2 Å². The lowest BCUT2D eigenvalue weighted by atomic mass is 9.98. The van der Waals surface area contributed by atoms with Gasteiger partial charge in [-0.3, -0.25) is 5.84 Å². The van der Waals surface area contributed by atoms with Gasteiger partial charge in [-0.1, -0.05) is 24.6 Å². The van der Waals surface area contributed by atoms with Crippen molar-refractivity contribution in [1.29, 1.82) is 0 Å². The molecule has 0 atom stereocenters. The molecule has 0 saturated heterocycles. The molecule has 1 aromatic heterocycles. The first-order chi connectivity index (χ1) is 12.6. The van der Waals surface area contributed by atoms with Crippen molar-refractivity contribution in [3.63, 3.8) is 0 Å². The molecule has 26 heavy (non-hydrogen) atoms. The fourth-order valence-electron chi connectivity index (χ4n) is 2.54. The van der Waals surface area contributed by atoms with Crippen LogP contribution in [0.3, 0.4) is 0 Å². The van der Waals surface area contributed by atoms with Crippen molar-refractivity contribution >= 4 is 5.97 Å². The van der Waals surface area contributed by atoms with Gasteiger partial charge in [0.15, 0.2) is 5.70 Å². The highest BCUT2D eigenvalue weighted by Crippen LogP contribution is 2.21. The van der Waals surface area contributed by atoms with E-state index >= 15 is 0 Å². The van der Waals surface area contributed by atoms with Crippen molar-refractivity contribution in [1.82, 2.24) is 15.6 Å². The normalized spacial score (nSPS) is 15.3. The summed E-state index contributed by atoms with van der Waals surface area (Å²) in [6.07, 6.45) is 6.55. The fraction of sp³-hybridized carbons (Fsp3) is 0.353. The minimum absolute atomic E-state index is 0.0152. The topological polar surface area (TPSA) is 150 Å². The van der Waals surface area contributed by atoms with Crippen LogP contribution in [-0.4, -0.2) is 27.4 Å². The SMILES string of the molecule is NN/C(C(=O)O)=C(\N)OC1CCCCC1.c1ccc(-c2nnco2)cc1. The molecule has 2 aromatic rings. The molecule has 1 heterocycles. The molecule has 6 N–H and O–H groups in total. The molecule has 9 nitrogen and oxygen atoms in total. The summed E-state index contributed by atoms with van der Waals surface area (Å²) in [5.74, 6) is 4.23. The largest absolute Gasteiger partial charge is 0.476 e. The van der Waals surface area contributed by atoms with Gasteiger partial charge >= 0.3 is 5.97 Å². The number of nitrogens with two attached hydrogens (primary N) is 2. The lowest BCUT2D eigenvalue weighted by Crippen LogP contribution is -2.32. The van der Waals surface area contributed by atoms with E-state index in [2.05, 4.69) is 10.2 Å². The number of hydrazine groups is 1. The Kier molecular flexibility index (Phi) is 7.44. The van der Waals surface area contributed by atoms with Gasteiger partial charge in [0.05, 0.1) is 0 Å². The Balaban J connectivity index is 0.000000195. The van der Waals surface area contributed by atoms with Crippen LogP contribution >= 0.6 is 0 Å². The second-order valence-corrected chi connectivity index (χ2v) is 5.68. The van der Waals surface area contributed by atoms with Crippen molar-refractivity contribution < 1.29 is 19.1 Å². The van der Waals surface area contributed by atoms with Crippen molar-refractivity contribution in [3.8, 4) is 11.5 Å². The van der Waals surface area contributed by atoms with E-state index in [1.54, 1.807) is 0 Å². The molecule has 1 aliphatic rings. The monoisotopic (exact) mass is 361 g/mol. The molecule has 0 spiro atoms. The summed E-state index contributed by atoms with van der Waals surface area (Å²) in [6.45, 7) is 0. The van der Waals surface area contributed by atoms with Crippen LogP contribution in [0.25, 0.3) is 11.5 Å². The molecule has 0 radical (unpaired) electrons. The molecule has 1 fully saturated rings. The first kappa shape index (κ1) is 19.3. The smallest absolute Gasteiger partial charge is 0.358 e. The number of aromatic nitrogens is 2. The summed E-state index contributed by atoms with van der Waals surface area (Å²) in [6, 6.07) is 9.65. The van der Waals surface area contributed by atoms with Gasteiger partial charge < -0.3 is 25.4 Å². The third-order valence-corrected chi connectivity index (χ3v) is 3.83. The Morgan fingerprint density at radius 3 is 2.46 bits per heavy atom. The molecule has 0 amide bonds. The van der Waals surface area contributed by atoms with Crippen LogP contribution in [0, 0.1) is 0 Å². The number of aliphatic carboxylic acids is 1. The van der Waals surface area contributed by atoms with Gasteiger partial charge in [-0.2, -0.15) is 0 Å². The van der Waals surface area contributed by atoms with Gasteiger partial charge in [-0.25, -0.2) is 4.79 Å². The Morgan fingerprint density at radius 2 is 1.92 bits per heavy atom. The minimum atomic E-state index is -1.22. The van der Waals surface area contributed by atoms with E-state index in [1.165, 1.54) is 12.8 Å². The number of carboxylic acids is 1. The van der Waals surface area contributed by atoms with Crippen LogP contribution in [0.1, 0.15) is 32.1 Å². The van der Waals surface area contributed by atoms with Crippen LogP contribution in [0.4, 0.5) is 0 Å². The summed E-state index contributed by atoms with van der Waals surface area (Å²) in [5.41, 5.74) is 8.17. The molecule has 0 unspecified atom stereocenters. The summed E-state index contributed by atoms with van der Waals surface area (Å²) >= 11 is 0. The third kappa shape index (κ3) is 5.78. The molecule has 0 bridgehead atoms. The molecule has 3 rings (SSSR count). The summed E-state index contributed by atoms with van der Waals surface area (Å²) in [7, 11) is 0. The molecule has 1 saturated carbocycles. The molecular formula is C17H23N5O4. The molecule has 9 heteroatoms. The van der Waals surface area contributed by atoms with Crippen LogP contribution < -0.4 is 17.0 Å². The maximum absolute atomic E-state index is 10.7. The average Bonchev–Trinajstić information content (AvgIpc) is 3.19. The second-order valence-electron chi connectivity index (χ2n) is 5.68. The van der Waals surface area contributed by atoms with Gasteiger partial charge in [-0.15, -0.1) is 10.2 Å². The minimum Gasteiger partial charge on any atom is -0.476 e. The molecule has 140 valence electrons. The van der Waals surface area contributed by atoms with E-state index in [0.29, 0.717) is 5.89 Å². The number of ether oxygens (including phenoxy) is 1. The zero-order valence-electron chi connectivity index (χ0n) is 14.3. The van der Waals surface area contributed by atoms with Gasteiger partial charge in [0.2, 0.25) is 18.2 Å². The summed E-state index contributed by atoms with van der Waals surface area (Å²) in [5, 5.41) is 16.1. The average molecular weight is 361 g/mol. The fourth-order valence-corrected chi connectivity index (χ4v) is 2.54. The zero-order chi connectivity index (χ0) is 18.8. The van der Waals surface area contributed by atoms with Crippen LogP contribution in [0.15, 0.2) is 52.7 Å². The van der Waals surface area contributed by atoms with Crippen LogP contribution in [0.5, 0.6) is 0 Å². The quantitative estimate of drug-likeness (QED) is 0.270. The predicted molar refractivity (Wildman–Crippen MR) is 93.9 cm³/mol. The highest BCUT2D eigenvalue weighted by Gasteiger charge is 2.19. The second kappa shape index (κ2) is 10.0. The van der Waals surface area contributed by atoms with Gasteiger partial charge in [0, 0.05) is 5.56 Å². The number of hydrogen-bond donors (Lipinski definition) is 4. The Morgan fingerprint density at radius 1 is 1.23 bits per heavy atom. The molecule has 1 aliphatic carbocycles. The molecule has 0 aliphatic heterocycles. The maximum atomic E-state index is 10.7. The van der Waals surface area contributed by atoms with Crippen molar-refractivity contribution in [3.05, 3.63) is 48.3 Å². The lowest BCUT2D eigenvalue weighted by Gasteiger charge is -2.23. The van der Waals surface area contributed by atoms with E-state index in [-0.39, 0.29) is 17.7 Å². The Hall–Kier alpha value is -3.07. The first-order valence-electron chi connectivity index (χ1n) is 8.29. The number of nitrogens with zero attached hydrogens (tertiary/aromatic N) is 2. The predicted octanol–water partition coefficient (Wildman–Crippen LogP) is 1.75. The van der Waals surface area contributed by atoms with Crippen molar-refractivity contribution in [2.24, 2.45) is 11.6 Å². The highest BCUT2D eigenvalue weighted by molar-refractivity contribution is 5.86. The Labute approximate surface area is 151 Å². The van der Waals surface area contributed by atoms with Crippen molar-refractivity contribution in [2.45, 2.75) is 38.2 Å². The van der Waals surface area contributed by atoms with Gasteiger partial charge in [0.25, 0.3) is 0 Å². The number of benzene rings is 1. The highest BCUT2D eigenvalue weighted by atomic mass is 16.5. The Bertz CT molecular complexity index is 697. The number of nitrogens with one attached hydrogen (secondary N) is 1. The molecule has 1 aromatic carbocycles. The first-order valence-corrected chi connectivity index (χ1v) is 8.29. The molecular weight excluding hydrogens is 338 g/mol. The van der Waals surface area contributed by atoms with E-state index < -0.39 is 5.97 Å². The van der Waals surface area contributed by atoms with Gasteiger partial charge in [0.1, 0.15) is 6.10 Å². The lowest BCUT2D eigenvalue weighted by molar-refractivity contribution is -0.133. The zero-order valence-corrected chi connectivity index (χ0v) is 14.3. The summed E-state index contributed by atoms with van der Waals surface area (Å²) in [4.78, 5) is 10.7. The standard InChI is InChI=1S/C9H17N3O3.C8H6N2O/c10-8(7(12-11)9(13)14)15-6-4-2-1-3-5-6;1-2-4-7(5-3-1)8-10-9-6-11-8/h6,12H,1-5,10-11H2,(H,13,14);1-6H/b8-7+;. The van der Waals surface area contributed by atoms with Gasteiger partial charge in [-0.05, 0) is 37.8 Å². The van der Waals surface area contributed by atoms with Crippen molar-refractivity contribution in [2.75, 3.05) is 0 Å². The van der Waals surface area contributed by atoms with E-state index in [4.69, 9.17) is 25.8 Å². The maximum Gasteiger partial charge on any atom is 0.358 e. The number of hydrogen-bond acceptors (Lipinski definition) is 8. The number of carboxylic acid groups (broad SMARTS) is 1. The number of rotatable bonds is 5. The van der Waals surface area contributed by atoms with Crippen LogP contribution in [-0.2, 0) is 9.53 Å². The third-order valence-electron chi connectivity index (χ3n) is 3.83.